The molecule has 0 aliphatic heterocycles. The largest absolute Gasteiger partial charge is 0.537 e. The summed E-state index contributed by atoms with van der Waals surface area (Å²) in [6.45, 7) is 7.59. The Morgan fingerprint density at radius 2 is 1.41 bits per heavy atom. The molecular weight excluding hydrogens is 248 g/mol. The third kappa shape index (κ3) is 3.49. The maximum Gasteiger partial charge on any atom is 0.537 e. The fourth-order valence-electron chi connectivity index (χ4n) is 1.68. The van der Waals surface area contributed by atoms with Crippen molar-refractivity contribution in [3.63, 3.8) is 0 Å². The third-order valence-electron chi connectivity index (χ3n) is 2.26. The van der Waals surface area contributed by atoms with Crippen molar-refractivity contribution in [3.05, 3.63) is 24.3 Å². The second-order valence-corrected chi connectivity index (χ2v) is 6.46. The van der Waals surface area contributed by atoms with Gasteiger partial charge in [0.2, 0.25) is 0 Å². The average molecular weight is 267 g/mol. The van der Waals surface area contributed by atoms with E-state index in [2.05, 4.69) is 10.2 Å². The van der Waals surface area contributed by atoms with Gasteiger partial charge in [0.1, 0.15) is 0 Å². The van der Waals surface area contributed by atoms with E-state index in [-0.39, 0.29) is 0 Å². The molecule has 5 heteroatoms. The van der Waals surface area contributed by atoms with Gasteiger partial charge in [0, 0.05) is 25.0 Å². The summed E-state index contributed by atoms with van der Waals surface area (Å²) in [5, 5.41) is 1.96. The summed E-state index contributed by atoms with van der Waals surface area (Å²) >= 11 is 0. The molecule has 0 fully saturated rings. The van der Waals surface area contributed by atoms with Crippen LogP contribution in [0.25, 0.3) is 0 Å². The molecule has 1 aromatic carbocycles. The lowest BCUT2D eigenvalue weighted by Crippen LogP contribution is -2.61. The van der Waals surface area contributed by atoms with Crippen LogP contribution in [-0.4, -0.2) is 38.9 Å². The van der Waals surface area contributed by atoms with Crippen molar-refractivity contribution in [2.75, 3.05) is 19.8 Å². The lowest BCUT2D eigenvalue weighted by atomic mass is 10.4. The molecule has 0 spiro atoms. The van der Waals surface area contributed by atoms with E-state index in [0.29, 0.717) is 19.8 Å². The Hall–Kier alpha value is -0.466. The van der Waals surface area contributed by atoms with Crippen LogP contribution in [0.1, 0.15) is 20.8 Å². The first-order chi connectivity index (χ1) is 8.20. The molecule has 0 aliphatic carbocycles. The van der Waals surface area contributed by atoms with Gasteiger partial charge in [-0.25, -0.2) is 0 Å². The van der Waals surface area contributed by atoms with Gasteiger partial charge in [0.05, 0.1) is 10.2 Å². The van der Waals surface area contributed by atoms with E-state index in [9.17, 15) is 0 Å². The fraction of sp³-hybridized carbons (Fsp3) is 0.500. The van der Waals surface area contributed by atoms with E-state index in [0.717, 1.165) is 10.4 Å². The Kier molecular flexibility index (Phi) is 6.07. The molecule has 0 N–H and O–H groups in total. The SMILES string of the molecule is CCO[Si](OCC)(OCC)c1ccccc1[Si]. The highest BCUT2D eigenvalue weighted by atomic mass is 28.4. The highest BCUT2D eigenvalue weighted by Crippen LogP contribution is 2.09. The zero-order chi connectivity index (χ0) is 12.7. The maximum absolute atomic E-state index is 5.84. The summed E-state index contributed by atoms with van der Waals surface area (Å²) < 4.78 is 17.5. The van der Waals surface area contributed by atoms with E-state index < -0.39 is 8.80 Å². The molecule has 0 saturated carbocycles. The van der Waals surface area contributed by atoms with Crippen LogP contribution in [0.4, 0.5) is 0 Å². The molecule has 3 radical (unpaired) electrons. The molecule has 0 amide bonds. The molecular formula is C12H19O3Si2. The van der Waals surface area contributed by atoms with Crippen LogP contribution in [-0.2, 0) is 13.3 Å². The summed E-state index contributed by atoms with van der Waals surface area (Å²) in [6.07, 6.45) is 0. The van der Waals surface area contributed by atoms with Crippen LogP contribution in [0.3, 0.4) is 0 Å². The van der Waals surface area contributed by atoms with Gasteiger partial charge in [0.15, 0.2) is 0 Å². The molecule has 0 bridgehead atoms. The molecule has 3 nitrogen and oxygen atoms in total. The van der Waals surface area contributed by atoms with Gasteiger partial charge in [0.25, 0.3) is 0 Å². The molecule has 1 aromatic rings. The molecule has 0 aromatic heterocycles. The van der Waals surface area contributed by atoms with E-state index in [1.807, 2.05) is 45.0 Å². The minimum atomic E-state index is -2.76. The first-order valence-corrected chi connectivity index (χ1v) is 8.15. The molecule has 0 heterocycles. The predicted molar refractivity (Wildman–Crippen MR) is 72.1 cm³/mol. The second-order valence-electron chi connectivity index (χ2n) is 3.40. The molecule has 0 atom stereocenters. The van der Waals surface area contributed by atoms with Crippen molar-refractivity contribution in [1.82, 2.24) is 0 Å². The standard InChI is InChI=1S/C12H19O3Si2/c1-4-13-17(14-5-2,15-6-3)12-10-8-7-9-11(12)16/h7-10H,4-6H2,1-3H3. The van der Waals surface area contributed by atoms with Crippen molar-refractivity contribution in [3.8, 4) is 0 Å². The van der Waals surface area contributed by atoms with Crippen LogP contribution in [0.5, 0.6) is 0 Å². The second kappa shape index (κ2) is 7.08. The summed E-state index contributed by atoms with van der Waals surface area (Å²) in [5.41, 5.74) is 0. The van der Waals surface area contributed by atoms with Gasteiger partial charge < -0.3 is 13.3 Å². The highest BCUT2D eigenvalue weighted by Gasteiger charge is 2.43. The maximum atomic E-state index is 5.84. The van der Waals surface area contributed by atoms with Crippen molar-refractivity contribution in [2.45, 2.75) is 20.8 Å². The molecule has 93 valence electrons. The number of hydrogen-bond acceptors (Lipinski definition) is 3. The number of benzene rings is 1. The highest BCUT2D eigenvalue weighted by molar-refractivity contribution is 6.78. The Balaban J connectivity index is 3.14. The molecule has 1 rings (SSSR count). The minimum absolute atomic E-state index is 0.576. The van der Waals surface area contributed by atoms with Crippen LogP contribution in [0.2, 0.25) is 0 Å². The third-order valence-corrected chi connectivity index (χ3v) is 6.05. The Morgan fingerprint density at radius 1 is 0.941 bits per heavy atom. The smallest absolute Gasteiger partial charge is 0.370 e. The van der Waals surface area contributed by atoms with Gasteiger partial charge in [-0.2, -0.15) is 0 Å². The van der Waals surface area contributed by atoms with Gasteiger partial charge in [-0.1, -0.05) is 29.5 Å². The molecule has 0 unspecified atom stereocenters. The van der Waals surface area contributed by atoms with E-state index in [1.54, 1.807) is 0 Å². The Labute approximate surface area is 108 Å². The zero-order valence-electron chi connectivity index (χ0n) is 10.7. The molecule has 0 saturated heterocycles. The fourth-order valence-corrected chi connectivity index (χ4v) is 4.89. The lowest BCUT2D eigenvalue weighted by molar-refractivity contribution is 0.0861. The Bertz CT molecular complexity index is 327. The van der Waals surface area contributed by atoms with Crippen molar-refractivity contribution >= 4 is 29.4 Å². The quantitative estimate of drug-likeness (QED) is 0.682. The topological polar surface area (TPSA) is 27.7 Å². The van der Waals surface area contributed by atoms with Gasteiger partial charge in [-0.05, 0) is 20.8 Å². The lowest BCUT2D eigenvalue weighted by Gasteiger charge is -2.29. The van der Waals surface area contributed by atoms with Crippen molar-refractivity contribution in [2.24, 2.45) is 0 Å². The zero-order valence-corrected chi connectivity index (χ0v) is 12.7. The summed E-state index contributed by atoms with van der Waals surface area (Å²) in [4.78, 5) is 0. The van der Waals surface area contributed by atoms with Crippen LogP contribution in [0.15, 0.2) is 24.3 Å². The summed E-state index contributed by atoms with van der Waals surface area (Å²) in [6, 6.07) is 7.91. The predicted octanol–water partition coefficient (Wildman–Crippen LogP) is 0.736. The first kappa shape index (κ1) is 14.6. The van der Waals surface area contributed by atoms with Gasteiger partial charge >= 0.3 is 8.80 Å². The van der Waals surface area contributed by atoms with Gasteiger partial charge in [-0.3, -0.25) is 0 Å². The van der Waals surface area contributed by atoms with Gasteiger partial charge in [-0.15, -0.1) is 0 Å². The number of rotatable bonds is 7. The van der Waals surface area contributed by atoms with Crippen LogP contribution < -0.4 is 10.4 Å². The Morgan fingerprint density at radius 3 is 1.82 bits per heavy atom. The average Bonchev–Trinajstić information content (AvgIpc) is 2.30. The minimum Gasteiger partial charge on any atom is -0.370 e. The summed E-state index contributed by atoms with van der Waals surface area (Å²) in [5.74, 6) is 0. The monoisotopic (exact) mass is 267 g/mol. The first-order valence-electron chi connectivity index (χ1n) is 5.93. The normalized spacial score (nSPS) is 11.8. The number of hydrogen-bond donors (Lipinski definition) is 0. The van der Waals surface area contributed by atoms with E-state index >= 15 is 0 Å². The van der Waals surface area contributed by atoms with Crippen molar-refractivity contribution in [1.29, 1.82) is 0 Å². The van der Waals surface area contributed by atoms with E-state index in [4.69, 9.17) is 13.3 Å². The van der Waals surface area contributed by atoms with E-state index in [1.165, 1.54) is 0 Å². The molecule has 17 heavy (non-hydrogen) atoms. The van der Waals surface area contributed by atoms with Crippen LogP contribution in [0, 0.1) is 0 Å². The summed E-state index contributed by atoms with van der Waals surface area (Å²) in [7, 11) is 0.827. The van der Waals surface area contributed by atoms with Crippen molar-refractivity contribution < 1.29 is 13.3 Å². The van der Waals surface area contributed by atoms with Crippen LogP contribution >= 0.6 is 0 Å². The molecule has 0 aliphatic rings.